The van der Waals surface area contributed by atoms with Crippen molar-refractivity contribution >= 4 is 17.5 Å². The van der Waals surface area contributed by atoms with Gasteiger partial charge in [0, 0.05) is 19.5 Å². The van der Waals surface area contributed by atoms with E-state index in [-0.39, 0.29) is 18.0 Å². The van der Waals surface area contributed by atoms with E-state index in [1.54, 1.807) is 4.90 Å². The van der Waals surface area contributed by atoms with Crippen molar-refractivity contribution in [1.82, 2.24) is 10.3 Å². The third-order valence-electron chi connectivity index (χ3n) is 4.62. The number of alkyl halides is 3. The van der Waals surface area contributed by atoms with E-state index in [4.69, 9.17) is 0 Å². The Morgan fingerprint density at radius 2 is 1.86 bits per heavy atom. The number of nitrogens with one attached hydrogen (secondary N) is 2. The fourth-order valence-electron chi connectivity index (χ4n) is 3.08. The molecule has 0 aliphatic carbocycles. The zero-order valence-electron chi connectivity index (χ0n) is 15.0. The Bertz CT molecular complexity index is 840. The van der Waals surface area contributed by atoms with E-state index in [1.165, 1.54) is 12.1 Å². The van der Waals surface area contributed by atoms with Crippen LogP contribution in [0.2, 0.25) is 0 Å². The molecule has 0 saturated carbocycles. The monoisotopic (exact) mass is 391 g/mol. The number of nitrogens with zero attached hydrogens (tertiary/aromatic N) is 1. The summed E-state index contributed by atoms with van der Waals surface area (Å²) in [5.74, 6) is -1.07. The molecule has 2 N–H and O–H groups in total. The number of hydrogen-bond acceptors (Lipinski definition) is 3. The van der Waals surface area contributed by atoms with Gasteiger partial charge in [0.15, 0.2) is 0 Å². The van der Waals surface area contributed by atoms with Gasteiger partial charge >= 0.3 is 6.18 Å². The van der Waals surface area contributed by atoms with Gasteiger partial charge in [-0.25, -0.2) is 0 Å². The maximum absolute atomic E-state index is 12.7. The molecule has 148 valence electrons. The number of hydrogen-bond donors (Lipinski definition) is 2. The normalized spacial score (nSPS) is 16.9. The van der Waals surface area contributed by atoms with Crippen molar-refractivity contribution < 1.29 is 22.8 Å². The molecule has 8 heteroatoms. The van der Waals surface area contributed by atoms with Gasteiger partial charge in [0.1, 0.15) is 0 Å². The lowest BCUT2D eigenvalue weighted by Crippen LogP contribution is -2.36. The zero-order chi connectivity index (χ0) is 20.1. The Balaban J connectivity index is 1.51. The second kappa shape index (κ2) is 8.33. The van der Waals surface area contributed by atoms with Crippen molar-refractivity contribution in [2.45, 2.75) is 19.0 Å². The Kier molecular flexibility index (Phi) is 5.87. The van der Waals surface area contributed by atoms with Crippen LogP contribution in [0, 0.1) is 5.92 Å². The number of anilines is 1. The summed E-state index contributed by atoms with van der Waals surface area (Å²) in [6.07, 6.45) is -3.67. The van der Waals surface area contributed by atoms with Gasteiger partial charge < -0.3 is 4.90 Å². The molecule has 1 aliphatic rings. The second-order valence-electron chi connectivity index (χ2n) is 6.67. The Morgan fingerprint density at radius 3 is 2.57 bits per heavy atom. The molecule has 0 bridgehead atoms. The minimum atomic E-state index is -4.46. The molecule has 0 aromatic heterocycles. The highest BCUT2D eigenvalue weighted by atomic mass is 19.4. The van der Waals surface area contributed by atoms with Crippen LogP contribution in [0.5, 0.6) is 0 Å². The van der Waals surface area contributed by atoms with Crippen molar-refractivity contribution in [3.63, 3.8) is 0 Å². The van der Waals surface area contributed by atoms with Crippen LogP contribution < -0.4 is 10.9 Å². The van der Waals surface area contributed by atoms with Gasteiger partial charge in [-0.2, -0.15) is 13.2 Å². The molecule has 1 heterocycles. The first kappa shape index (κ1) is 19.7. The van der Waals surface area contributed by atoms with Gasteiger partial charge in [-0.05, 0) is 30.2 Å². The fourth-order valence-corrected chi connectivity index (χ4v) is 3.08. The number of halogens is 3. The van der Waals surface area contributed by atoms with Crippen molar-refractivity contribution in [2.24, 2.45) is 5.92 Å². The Labute approximate surface area is 160 Å². The van der Waals surface area contributed by atoms with Gasteiger partial charge in [0.25, 0.3) is 0 Å². The summed E-state index contributed by atoms with van der Waals surface area (Å²) in [5.41, 5.74) is 5.31. The topological polar surface area (TPSA) is 61.4 Å². The summed E-state index contributed by atoms with van der Waals surface area (Å²) in [6, 6.07) is 14.3. The standard InChI is InChI=1S/C20H20F3N3O2/c21-20(22,23)16-7-4-8-17(12-16)24-25-19(28)15-11-18(27)26(13-15)10-9-14-5-2-1-3-6-14/h1-8,12,15,24H,9-11,13H2,(H,25,28)/t15-/m1/s1. The quantitative estimate of drug-likeness (QED) is 0.744. The minimum Gasteiger partial charge on any atom is -0.342 e. The first-order chi connectivity index (χ1) is 13.3. The average molecular weight is 391 g/mol. The molecule has 3 rings (SSSR count). The van der Waals surface area contributed by atoms with Crippen LogP contribution in [0.15, 0.2) is 54.6 Å². The van der Waals surface area contributed by atoms with E-state index in [1.807, 2.05) is 30.3 Å². The van der Waals surface area contributed by atoms with Crippen LogP contribution in [0.4, 0.5) is 18.9 Å². The van der Waals surface area contributed by atoms with Crippen molar-refractivity contribution in [3.05, 3.63) is 65.7 Å². The molecule has 1 atom stereocenters. The zero-order valence-corrected chi connectivity index (χ0v) is 15.0. The van der Waals surface area contributed by atoms with Crippen molar-refractivity contribution in [3.8, 4) is 0 Å². The maximum atomic E-state index is 12.7. The molecule has 0 spiro atoms. The third kappa shape index (κ3) is 5.03. The van der Waals surface area contributed by atoms with E-state index in [2.05, 4.69) is 10.9 Å². The maximum Gasteiger partial charge on any atom is 0.416 e. The molecule has 0 radical (unpaired) electrons. The predicted molar refractivity (Wildman–Crippen MR) is 98.0 cm³/mol. The van der Waals surface area contributed by atoms with Gasteiger partial charge in [-0.1, -0.05) is 36.4 Å². The molecular weight excluding hydrogens is 371 g/mol. The van der Waals surface area contributed by atoms with E-state index < -0.39 is 23.6 Å². The number of amides is 2. The number of hydrazine groups is 1. The van der Waals surface area contributed by atoms with Crippen molar-refractivity contribution in [1.29, 1.82) is 0 Å². The minimum absolute atomic E-state index is 0.0882. The molecule has 1 saturated heterocycles. The highest BCUT2D eigenvalue weighted by molar-refractivity contribution is 5.89. The predicted octanol–water partition coefficient (Wildman–Crippen LogP) is 3.24. The number of carbonyl (C=O) groups is 2. The van der Waals surface area contributed by atoms with Gasteiger partial charge in [0.05, 0.1) is 17.2 Å². The summed E-state index contributed by atoms with van der Waals surface area (Å²) in [5, 5.41) is 0. The smallest absolute Gasteiger partial charge is 0.342 e. The van der Waals surface area contributed by atoms with E-state index >= 15 is 0 Å². The molecule has 1 aliphatic heterocycles. The molecule has 0 unspecified atom stereocenters. The van der Waals surface area contributed by atoms with Gasteiger partial charge in [0.2, 0.25) is 11.8 Å². The molecule has 1 fully saturated rings. The number of rotatable bonds is 6. The summed E-state index contributed by atoms with van der Waals surface area (Å²) in [7, 11) is 0. The third-order valence-corrected chi connectivity index (χ3v) is 4.62. The van der Waals surface area contributed by atoms with Crippen LogP contribution >= 0.6 is 0 Å². The highest BCUT2D eigenvalue weighted by Crippen LogP contribution is 2.30. The van der Waals surface area contributed by atoms with Gasteiger partial charge in [-0.3, -0.25) is 20.4 Å². The fraction of sp³-hybridized carbons (Fsp3) is 0.300. The van der Waals surface area contributed by atoms with Crippen LogP contribution in [0.1, 0.15) is 17.5 Å². The number of benzene rings is 2. The van der Waals surface area contributed by atoms with Crippen LogP contribution in [0.3, 0.4) is 0 Å². The lowest BCUT2D eigenvalue weighted by Gasteiger charge is -2.17. The lowest BCUT2D eigenvalue weighted by atomic mass is 10.1. The van der Waals surface area contributed by atoms with E-state index in [0.29, 0.717) is 19.5 Å². The number of likely N-dealkylation sites (tertiary alicyclic amines) is 1. The largest absolute Gasteiger partial charge is 0.416 e. The molecule has 2 aromatic rings. The summed E-state index contributed by atoms with van der Waals surface area (Å²) in [4.78, 5) is 26.1. The van der Waals surface area contributed by atoms with Crippen molar-refractivity contribution in [2.75, 3.05) is 18.5 Å². The van der Waals surface area contributed by atoms with E-state index in [0.717, 1.165) is 17.7 Å². The molecule has 5 nitrogen and oxygen atoms in total. The first-order valence-corrected chi connectivity index (χ1v) is 8.88. The van der Waals surface area contributed by atoms with Crippen LogP contribution in [-0.4, -0.2) is 29.8 Å². The second-order valence-corrected chi connectivity index (χ2v) is 6.67. The van der Waals surface area contributed by atoms with E-state index in [9.17, 15) is 22.8 Å². The average Bonchev–Trinajstić information content (AvgIpc) is 3.05. The Morgan fingerprint density at radius 1 is 1.11 bits per heavy atom. The molecule has 2 amide bonds. The SMILES string of the molecule is O=C(NNc1cccc(C(F)(F)F)c1)[C@@H]1CC(=O)N(CCc2ccccc2)C1. The molecule has 28 heavy (non-hydrogen) atoms. The first-order valence-electron chi connectivity index (χ1n) is 8.88. The summed E-state index contributed by atoms with van der Waals surface area (Å²) in [6.45, 7) is 0.815. The summed E-state index contributed by atoms with van der Waals surface area (Å²) >= 11 is 0. The van der Waals surface area contributed by atoms with Crippen LogP contribution in [-0.2, 0) is 22.2 Å². The highest BCUT2D eigenvalue weighted by Gasteiger charge is 2.34. The number of carbonyl (C=O) groups excluding carboxylic acids is 2. The van der Waals surface area contributed by atoms with Crippen LogP contribution in [0.25, 0.3) is 0 Å². The molecule has 2 aromatic carbocycles. The van der Waals surface area contributed by atoms with Gasteiger partial charge in [-0.15, -0.1) is 0 Å². The Hall–Kier alpha value is -3.03. The molecular formula is C20H20F3N3O2. The lowest BCUT2D eigenvalue weighted by molar-refractivity contribution is -0.137. The summed E-state index contributed by atoms with van der Waals surface area (Å²) < 4.78 is 38.2.